The maximum absolute atomic E-state index is 12.7. The molecule has 2 unspecified atom stereocenters. The van der Waals surface area contributed by atoms with Gasteiger partial charge in [0, 0.05) is 5.92 Å². The quantitative estimate of drug-likeness (QED) is 0.544. The van der Waals surface area contributed by atoms with Gasteiger partial charge in [-0.05, 0) is 67.5 Å². The number of nitrogens with one attached hydrogen (secondary N) is 1. The van der Waals surface area contributed by atoms with Crippen molar-refractivity contribution in [3.8, 4) is 11.8 Å². The Morgan fingerprint density at radius 2 is 1.82 bits per heavy atom. The van der Waals surface area contributed by atoms with E-state index in [1.54, 1.807) is 19.1 Å². The van der Waals surface area contributed by atoms with Crippen LogP contribution in [0.2, 0.25) is 5.02 Å². The van der Waals surface area contributed by atoms with Crippen molar-refractivity contribution in [2.75, 3.05) is 4.72 Å². The number of benzene rings is 2. The van der Waals surface area contributed by atoms with Crippen LogP contribution in [0.3, 0.4) is 0 Å². The summed E-state index contributed by atoms with van der Waals surface area (Å²) < 4.78 is 27.8. The number of halogens is 1. The van der Waals surface area contributed by atoms with Crippen molar-refractivity contribution in [2.24, 2.45) is 5.92 Å². The predicted octanol–water partition coefficient (Wildman–Crippen LogP) is 5.59. The summed E-state index contributed by atoms with van der Waals surface area (Å²) in [5.74, 6) is 0.146. The summed E-state index contributed by atoms with van der Waals surface area (Å²) in [5, 5.41) is 19.0. The van der Waals surface area contributed by atoms with Crippen molar-refractivity contribution in [2.45, 2.75) is 50.8 Å². The number of aromatic hydroxyl groups is 1. The molecule has 5 nitrogen and oxygen atoms in total. The van der Waals surface area contributed by atoms with Gasteiger partial charge in [0.2, 0.25) is 0 Å². The molecule has 2 atom stereocenters. The molecule has 28 heavy (non-hydrogen) atoms. The zero-order chi connectivity index (χ0) is 20.9. The van der Waals surface area contributed by atoms with Crippen molar-refractivity contribution in [3.05, 3.63) is 52.5 Å². The number of nitriles is 1. The van der Waals surface area contributed by atoms with E-state index in [0.717, 1.165) is 24.8 Å². The molecule has 0 saturated heterocycles. The maximum atomic E-state index is 12.7. The highest BCUT2D eigenvalue weighted by Crippen LogP contribution is 2.32. The summed E-state index contributed by atoms with van der Waals surface area (Å²) in [5.41, 5.74) is 1.79. The van der Waals surface area contributed by atoms with Crippen LogP contribution in [0, 0.1) is 24.2 Å². The number of nitrogens with zero attached hydrogens (tertiary/aromatic N) is 1. The van der Waals surface area contributed by atoms with Crippen LogP contribution >= 0.6 is 11.6 Å². The highest BCUT2D eigenvalue weighted by atomic mass is 35.5. The van der Waals surface area contributed by atoms with Gasteiger partial charge in [0.25, 0.3) is 10.0 Å². The molecule has 0 aliphatic carbocycles. The average molecular weight is 421 g/mol. The Kier molecular flexibility index (Phi) is 7.34. The smallest absolute Gasteiger partial charge is 0.261 e. The Balaban J connectivity index is 2.22. The fourth-order valence-corrected chi connectivity index (χ4v) is 4.43. The number of anilines is 1. The fraction of sp³-hybridized carbons (Fsp3) is 0.381. The number of hydrogen-bond donors (Lipinski definition) is 2. The molecule has 0 aromatic heterocycles. The lowest BCUT2D eigenvalue weighted by atomic mass is 9.86. The Bertz CT molecular complexity index is 943. The number of rotatable bonds is 8. The van der Waals surface area contributed by atoms with E-state index in [4.69, 9.17) is 11.6 Å². The van der Waals surface area contributed by atoms with Gasteiger partial charge in [0.15, 0.2) is 0 Å². The van der Waals surface area contributed by atoms with Crippen molar-refractivity contribution in [1.82, 2.24) is 0 Å². The molecule has 0 aliphatic heterocycles. The normalized spacial score (nSPS) is 13.5. The minimum absolute atomic E-state index is 0.00231. The van der Waals surface area contributed by atoms with Crippen LogP contribution in [0.5, 0.6) is 5.75 Å². The number of phenolic OH excluding ortho intramolecular Hbond substituents is 1. The molecule has 2 aromatic carbocycles. The lowest BCUT2D eigenvalue weighted by molar-refractivity contribution is 0.471. The number of sulfonamides is 1. The highest BCUT2D eigenvalue weighted by molar-refractivity contribution is 7.92. The van der Waals surface area contributed by atoms with E-state index in [1.165, 1.54) is 12.1 Å². The zero-order valence-corrected chi connectivity index (χ0v) is 17.8. The summed E-state index contributed by atoms with van der Waals surface area (Å²) in [6.45, 7) is 5.71. The van der Waals surface area contributed by atoms with Crippen LogP contribution in [-0.2, 0) is 10.0 Å². The largest absolute Gasteiger partial charge is 0.506 e. The van der Waals surface area contributed by atoms with E-state index in [0.29, 0.717) is 5.56 Å². The number of hydrogen-bond acceptors (Lipinski definition) is 4. The van der Waals surface area contributed by atoms with Crippen molar-refractivity contribution < 1.29 is 13.5 Å². The van der Waals surface area contributed by atoms with E-state index in [1.807, 2.05) is 19.1 Å². The molecule has 2 rings (SSSR count). The summed E-state index contributed by atoms with van der Waals surface area (Å²) in [6, 6.07) is 12.0. The molecular weight excluding hydrogens is 396 g/mol. The molecule has 0 saturated carbocycles. The first-order chi connectivity index (χ1) is 13.2. The third kappa shape index (κ3) is 5.18. The molecule has 0 amide bonds. The Hall–Kier alpha value is -2.23. The fourth-order valence-electron chi connectivity index (χ4n) is 3.12. The molecule has 2 N–H and O–H groups in total. The maximum Gasteiger partial charge on any atom is 0.261 e. The predicted molar refractivity (Wildman–Crippen MR) is 112 cm³/mol. The van der Waals surface area contributed by atoms with Gasteiger partial charge < -0.3 is 5.11 Å². The molecule has 0 bridgehead atoms. The summed E-state index contributed by atoms with van der Waals surface area (Å²) in [7, 11) is -3.78. The first-order valence-electron chi connectivity index (χ1n) is 9.23. The molecule has 2 aromatic rings. The SMILES string of the molecule is CCC(C#N)CC(CC)c1ccc(S(=O)(=O)Nc2cc(C)c(O)c(Cl)c2)cc1. The van der Waals surface area contributed by atoms with Crippen LogP contribution in [0.15, 0.2) is 41.3 Å². The lowest BCUT2D eigenvalue weighted by Gasteiger charge is -2.18. The monoisotopic (exact) mass is 420 g/mol. The van der Waals surface area contributed by atoms with Gasteiger partial charge in [0.1, 0.15) is 5.75 Å². The lowest BCUT2D eigenvalue weighted by Crippen LogP contribution is -2.13. The van der Waals surface area contributed by atoms with E-state index >= 15 is 0 Å². The van der Waals surface area contributed by atoms with Gasteiger partial charge in [0.05, 0.1) is 21.7 Å². The van der Waals surface area contributed by atoms with Crippen LogP contribution in [0.4, 0.5) is 5.69 Å². The zero-order valence-electron chi connectivity index (χ0n) is 16.2. The molecule has 0 radical (unpaired) electrons. The molecule has 0 heterocycles. The van der Waals surface area contributed by atoms with E-state index < -0.39 is 10.0 Å². The summed E-state index contributed by atoms with van der Waals surface area (Å²) in [6.07, 6.45) is 2.45. The van der Waals surface area contributed by atoms with Gasteiger partial charge >= 0.3 is 0 Å². The van der Waals surface area contributed by atoms with Gasteiger partial charge in [-0.15, -0.1) is 0 Å². The number of aryl methyl sites for hydroxylation is 1. The van der Waals surface area contributed by atoms with Crippen LogP contribution in [0.25, 0.3) is 0 Å². The average Bonchev–Trinajstić information content (AvgIpc) is 2.67. The highest BCUT2D eigenvalue weighted by Gasteiger charge is 2.19. The topological polar surface area (TPSA) is 90.2 Å². The molecule has 7 heteroatoms. The second-order valence-corrected chi connectivity index (χ2v) is 8.96. The minimum atomic E-state index is -3.78. The Labute approximate surface area is 172 Å². The van der Waals surface area contributed by atoms with Crippen molar-refractivity contribution in [1.29, 1.82) is 5.26 Å². The minimum Gasteiger partial charge on any atom is -0.506 e. The van der Waals surface area contributed by atoms with E-state index in [2.05, 4.69) is 17.7 Å². The molecule has 150 valence electrons. The molecule has 0 fully saturated rings. The van der Waals surface area contributed by atoms with E-state index in [9.17, 15) is 18.8 Å². The van der Waals surface area contributed by atoms with Crippen molar-refractivity contribution in [3.63, 3.8) is 0 Å². The Morgan fingerprint density at radius 1 is 1.18 bits per heavy atom. The van der Waals surface area contributed by atoms with Crippen molar-refractivity contribution >= 4 is 27.3 Å². The third-order valence-corrected chi connectivity index (χ3v) is 6.59. The van der Waals surface area contributed by atoms with Gasteiger partial charge in [-0.25, -0.2) is 8.42 Å². The first-order valence-corrected chi connectivity index (χ1v) is 11.1. The van der Waals surface area contributed by atoms with Gasteiger partial charge in [-0.3, -0.25) is 4.72 Å². The standard InChI is InChI=1S/C21H25ClN2O3S/c1-4-15(13-23)11-16(5-2)17-6-8-19(9-7-17)28(26,27)24-18-10-14(3)21(25)20(22)12-18/h6-10,12,15-16,24-25H,4-5,11H2,1-3H3. The second-order valence-electron chi connectivity index (χ2n) is 6.87. The van der Waals surface area contributed by atoms with Gasteiger partial charge in [-0.2, -0.15) is 5.26 Å². The van der Waals surface area contributed by atoms with Gasteiger partial charge in [-0.1, -0.05) is 37.6 Å². The second kappa shape index (κ2) is 9.31. The number of phenols is 1. The molecule has 0 spiro atoms. The molecular formula is C21H25ClN2O3S. The summed E-state index contributed by atoms with van der Waals surface area (Å²) >= 11 is 5.92. The Morgan fingerprint density at radius 3 is 2.32 bits per heavy atom. The van der Waals surface area contributed by atoms with Crippen LogP contribution in [-0.4, -0.2) is 13.5 Å². The van der Waals surface area contributed by atoms with Crippen LogP contribution < -0.4 is 4.72 Å². The summed E-state index contributed by atoms with van der Waals surface area (Å²) in [4.78, 5) is 0.139. The third-order valence-electron chi connectivity index (χ3n) is 4.91. The van der Waals surface area contributed by atoms with E-state index in [-0.39, 0.29) is 33.2 Å². The van der Waals surface area contributed by atoms with Crippen LogP contribution in [0.1, 0.15) is 50.2 Å². The first kappa shape index (κ1) is 22.1. The molecule has 0 aliphatic rings.